The molecule has 0 aliphatic rings. The van der Waals surface area contributed by atoms with Gasteiger partial charge in [-0.1, -0.05) is 6.58 Å². The van der Waals surface area contributed by atoms with Crippen molar-refractivity contribution >= 4 is 8.03 Å². The van der Waals surface area contributed by atoms with Gasteiger partial charge in [0.05, 0.1) is 0 Å². The van der Waals surface area contributed by atoms with Gasteiger partial charge in [0.25, 0.3) is 0 Å². The van der Waals surface area contributed by atoms with Crippen LogP contribution in [0.25, 0.3) is 0 Å². The molecule has 0 rings (SSSR count). The second kappa shape index (κ2) is 6.32. The Bertz CT molecular complexity index is 73.3. The van der Waals surface area contributed by atoms with Gasteiger partial charge in [0, 0.05) is 17.1 Å². The van der Waals surface area contributed by atoms with Crippen LogP contribution >= 0.6 is 8.03 Å². The molecule has 0 aliphatic heterocycles. The number of allylic oxidation sites excluding steroid dienone is 1. The fourth-order valence-corrected chi connectivity index (χ4v) is 0.331. The molecule has 0 aromatic rings. The molecular formula is C3H6FeO2P+. The molecule has 0 fully saturated rings. The molecule has 1 atom stereocenters. The molecule has 1 unspecified atom stereocenters. The van der Waals surface area contributed by atoms with Crippen LogP contribution in [0.5, 0.6) is 0 Å². The molecule has 2 nitrogen and oxygen atoms in total. The van der Waals surface area contributed by atoms with Crippen molar-refractivity contribution in [3.05, 3.63) is 12.7 Å². The van der Waals surface area contributed by atoms with Crippen LogP contribution in [-0.2, 0) is 21.6 Å². The minimum Gasteiger partial charge on any atom is -0.160 e. The Labute approximate surface area is 54.0 Å². The molecule has 0 aromatic carbocycles. The van der Waals surface area contributed by atoms with Crippen molar-refractivity contribution in [3.63, 3.8) is 0 Å². The van der Waals surface area contributed by atoms with Crippen molar-refractivity contribution in [2.24, 2.45) is 0 Å². The van der Waals surface area contributed by atoms with E-state index in [4.69, 9.17) is 4.89 Å². The molecule has 0 radical (unpaired) electrons. The summed E-state index contributed by atoms with van der Waals surface area (Å²) in [6, 6.07) is 0. The van der Waals surface area contributed by atoms with Gasteiger partial charge in [-0.3, -0.25) is 0 Å². The maximum Gasteiger partial charge on any atom is 0.509 e. The van der Waals surface area contributed by atoms with E-state index >= 15 is 0 Å². The van der Waals surface area contributed by atoms with Crippen molar-refractivity contribution in [1.82, 2.24) is 0 Å². The average molecular weight is 161 g/mol. The largest absolute Gasteiger partial charge is 0.509 e. The van der Waals surface area contributed by atoms with Crippen LogP contribution in [-0.4, -0.2) is 11.1 Å². The predicted molar refractivity (Wildman–Crippen MR) is 24.9 cm³/mol. The van der Waals surface area contributed by atoms with Gasteiger partial charge in [0.2, 0.25) is 0 Å². The minimum absolute atomic E-state index is 0. The van der Waals surface area contributed by atoms with E-state index < -0.39 is 8.03 Å². The third-order valence-electron chi connectivity index (χ3n) is 0.285. The van der Waals surface area contributed by atoms with Crippen LogP contribution in [0, 0.1) is 0 Å². The summed E-state index contributed by atoms with van der Waals surface area (Å²) in [5, 5.41) is 0. The second-order valence-corrected chi connectivity index (χ2v) is 1.89. The van der Waals surface area contributed by atoms with Gasteiger partial charge in [0.1, 0.15) is 0 Å². The van der Waals surface area contributed by atoms with Crippen LogP contribution in [0.3, 0.4) is 0 Å². The molecular weight excluding hydrogens is 155 g/mol. The molecule has 0 aliphatic carbocycles. The van der Waals surface area contributed by atoms with Crippen molar-refractivity contribution in [2.75, 3.05) is 6.16 Å². The molecule has 1 N–H and O–H groups in total. The summed E-state index contributed by atoms with van der Waals surface area (Å²) in [5.41, 5.74) is 0. The third kappa shape index (κ3) is 10.7. The second-order valence-electron chi connectivity index (χ2n) is 0.823. The first-order valence-corrected chi connectivity index (χ1v) is 2.91. The van der Waals surface area contributed by atoms with Crippen molar-refractivity contribution in [2.45, 2.75) is 0 Å². The van der Waals surface area contributed by atoms with E-state index in [0.29, 0.717) is 0 Å². The van der Waals surface area contributed by atoms with Gasteiger partial charge in [-0.25, -0.2) is 0 Å². The first-order chi connectivity index (χ1) is 2.77. The van der Waals surface area contributed by atoms with E-state index in [-0.39, 0.29) is 23.2 Å². The van der Waals surface area contributed by atoms with Crippen LogP contribution in [0.1, 0.15) is 0 Å². The topological polar surface area (TPSA) is 37.3 Å². The fraction of sp³-hybridized carbons (Fsp3) is 0.333. The molecule has 0 aromatic heterocycles. The summed E-state index contributed by atoms with van der Waals surface area (Å²) in [5.74, 6) is 0. The first kappa shape index (κ1) is 10.3. The monoisotopic (exact) mass is 161 g/mol. The maximum atomic E-state index is 9.68. The van der Waals surface area contributed by atoms with Gasteiger partial charge in [-0.2, -0.15) is 4.89 Å². The molecule has 4 heteroatoms. The molecule has 0 spiro atoms. The number of hydrogen-bond donors (Lipinski definition) is 1. The molecule has 0 saturated heterocycles. The van der Waals surface area contributed by atoms with Gasteiger partial charge in [-0.15, -0.1) is 0 Å². The summed E-state index contributed by atoms with van der Waals surface area (Å²) in [6.45, 7) is 3.26. The summed E-state index contributed by atoms with van der Waals surface area (Å²) in [7, 11) is -1.97. The third-order valence-corrected chi connectivity index (χ3v) is 0.856. The fourth-order valence-electron chi connectivity index (χ4n) is 0.110. The van der Waals surface area contributed by atoms with E-state index in [2.05, 4.69) is 6.58 Å². The molecule has 0 bridgehead atoms. The van der Waals surface area contributed by atoms with Gasteiger partial charge >= 0.3 is 8.03 Å². The summed E-state index contributed by atoms with van der Waals surface area (Å²) < 4.78 is 9.68. The Balaban J connectivity index is 0. The zero-order valence-electron chi connectivity index (χ0n) is 3.65. The van der Waals surface area contributed by atoms with Gasteiger partial charge < -0.3 is 0 Å². The summed E-state index contributed by atoms with van der Waals surface area (Å²) in [6.07, 6.45) is 1.62. The SMILES string of the molecule is C=CC[P+](=O)O.[Fe]. The number of hydrogen-bond acceptors (Lipinski definition) is 1. The summed E-state index contributed by atoms with van der Waals surface area (Å²) in [4.78, 5) is 7.99. The number of rotatable bonds is 2. The van der Waals surface area contributed by atoms with E-state index in [1.807, 2.05) is 0 Å². The average Bonchev–Trinajstić information content (AvgIpc) is 1.35. The summed E-state index contributed by atoms with van der Waals surface area (Å²) >= 11 is 0. The van der Waals surface area contributed by atoms with Crippen LogP contribution < -0.4 is 0 Å². The normalized spacial score (nSPS) is 9.00. The van der Waals surface area contributed by atoms with Crippen LogP contribution in [0.2, 0.25) is 0 Å². The maximum absolute atomic E-state index is 9.68. The van der Waals surface area contributed by atoms with Crippen LogP contribution in [0.4, 0.5) is 0 Å². The Morgan fingerprint density at radius 1 is 1.86 bits per heavy atom. The standard InChI is InChI=1S/C3H5O2P.Fe/c1-2-3-6(4)5;/h2H,1,3H2;/p+1. The van der Waals surface area contributed by atoms with Gasteiger partial charge in [0.15, 0.2) is 6.16 Å². The zero-order valence-corrected chi connectivity index (χ0v) is 5.65. The smallest absolute Gasteiger partial charge is 0.160 e. The molecule has 42 valence electrons. The van der Waals surface area contributed by atoms with Crippen molar-refractivity contribution < 1.29 is 26.5 Å². The molecule has 7 heavy (non-hydrogen) atoms. The predicted octanol–water partition coefficient (Wildman–Crippen LogP) is 0.905. The molecule has 0 heterocycles. The Morgan fingerprint density at radius 3 is 2.29 bits per heavy atom. The quantitative estimate of drug-likeness (QED) is 0.371. The van der Waals surface area contributed by atoms with E-state index in [1.165, 1.54) is 6.08 Å². The Hall–Kier alpha value is 0.319. The Kier molecular flexibility index (Phi) is 9.33. The zero-order chi connectivity index (χ0) is 4.99. The Morgan fingerprint density at radius 2 is 2.29 bits per heavy atom. The first-order valence-electron chi connectivity index (χ1n) is 1.52. The minimum atomic E-state index is -1.97. The van der Waals surface area contributed by atoms with E-state index in [9.17, 15) is 4.57 Å². The van der Waals surface area contributed by atoms with Crippen molar-refractivity contribution in [1.29, 1.82) is 0 Å². The van der Waals surface area contributed by atoms with Crippen LogP contribution in [0.15, 0.2) is 12.7 Å². The van der Waals surface area contributed by atoms with E-state index in [0.717, 1.165) is 0 Å². The van der Waals surface area contributed by atoms with Crippen molar-refractivity contribution in [3.8, 4) is 0 Å². The van der Waals surface area contributed by atoms with E-state index in [1.54, 1.807) is 0 Å². The van der Waals surface area contributed by atoms with Gasteiger partial charge in [-0.05, 0) is 10.6 Å². The molecule has 0 saturated carbocycles. The molecule has 0 amide bonds.